The highest BCUT2D eigenvalue weighted by molar-refractivity contribution is 6.11. The predicted octanol–water partition coefficient (Wildman–Crippen LogP) is 2.02. The van der Waals surface area contributed by atoms with Crippen LogP contribution in [0.3, 0.4) is 0 Å². The number of nitrogens with zero attached hydrogens (tertiary/aromatic N) is 4. The maximum absolute atomic E-state index is 12.3. The van der Waals surface area contributed by atoms with Crippen LogP contribution in [0, 0.1) is 16.0 Å². The number of carbonyl (C=O) groups excluding carboxylic acids is 1. The van der Waals surface area contributed by atoms with Crippen molar-refractivity contribution in [1.82, 2.24) is 9.47 Å². The second-order valence-electron chi connectivity index (χ2n) is 7.78. The zero-order valence-electron chi connectivity index (χ0n) is 15.9. The lowest BCUT2D eigenvalue weighted by Crippen LogP contribution is -2.45. The highest BCUT2D eigenvalue weighted by Crippen LogP contribution is 2.35. The van der Waals surface area contributed by atoms with Gasteiger partial charge in [0.2, 0.25) is 5.90 Å². The molecule has 1 aromatic heterocycles. The quantitative estimate of drug-likeness (QED) is 0.334. The molecule has 1 aromatic carbocycles. The minimum Gasteiger partial charge on any atom is -0.402 e. The van der Waals surface area contributed by atoms with Crippen LogP contribution in [0.1, 0.15) is 23.6 Å². The van der Waals surface area contributed by atoms with Gasteiger partial charge in [0.25, 0.3) is 11.2 Å². The van der Waals surface area contributed by atoms with Crippen LogP contribution in [0.5, 0.6) is 0 Å². The molecule has 0 amide bonds. The van der Waals surface area contributed by atoms with Gasteiger partial charge in [-0.2, -0.15) is 0 Å². The number of aliphatic imine (C=N–C) groups is 1. The largest absolute Gasteiger partial charge is 0.402 e. The van der Waals surface area contributed by atoms with Gasteiger partial charge in [0, 0.05) is 61.2 Å². The molecule has 0 radical (unpaired) electrons. The molecule has 0 saturated carbocycles. The number of hydrogen-bond acceptors (Lipinski definition) is 7. The monoisotopic (exact) mass is 406 g/mol. The van der Waals surface area contributed by atoms with Crippen molar-refractivity contribution in [3.63, 3.8) is 0 Å². The average molecular weight is 406 g/mol. The molecule has 9 nitrogen and oxygen atoms in total. The van der Waals surface area contributed by atoms with Crippen molar-refractivity contribution in [2.75, 3.05) is 13.1 Å². The van der Waals surface area contributed by atoms with E-state index in [9.17, 15) is 19.7 Å². The first-order chi connectivity index (χ1) is 14.5. The van der Waals surface area contributed by atoms with E-state index in [2.05, 4.69) is 9.89 Å². The number of hydrogen-bond donors (Lipinski definition) is 0. The van der Waals surface area contributed by atoms with Gasteiger partial charge in [-0.15, -0.1) is 0 Å². The van der Waals surface area contributed by atoms with E-state index in [0.29, 0.717) is 24.6 Å². The summed E-state index contributed by atoms with van der Waals surface area (Å²) in [7, 11) is 0. The van der Waals surface area contributed by atoms with Crippen LogP contribution in [-0.4, -0.2) is 39.3 Å². The van der Waals surface area contributed by atoms with Crippen LogP contribution in [-0.2, 0) is 16.1 Å². The van der Waals surface area contributed by atoms with Gasteiger partial charge in [0.15, 0.2) is 5.70 Å². The molecule has 3 aliphatic heterocycles. The molecule has 2 atom stereocenters. The van der Waals surface area contributed by atoms with E-state index < -0.39 is 10.9 Å². The number of aromatic nitrogens is 1. The maximum Gasteiger partial charge on any atom is 0.365 e. The molecule has 4 heterocycles. The molecule has 0 N–H and O–H groups in total. The van der Waals surface area contributed by atoms with Crippen LogP contribution < -0.4 is 5.56 Å². The molecule has 2 unspecified atom stereocenters. The number of piperidine rings is 1. The summed E-state index contributed by atoms with van der Waals surface area (Å²) in [5, 5.41) is 10.8. The summed E-state index contributed by atoms with van der Waals surface area (Å²) >= 11 is 0. The molecule has 0 spiro atoms. The second-order valence-corrected chi connectivity index (χ2v) is 7.78. The molecular weight excluding hydrogens is 388 g/mol. The van der Waals surface area contributed by atoms with E-state index in [-0.39, 0.29) is 28.8 Å². The minimum atomic E-state index is -0.546. The Morgan fingerprint density at radius 1 is 1.10 bits per heavy atom. The molecule has 5 rings (SSSR count). The van der Waals surface area contributed by atoms with Crippen LogP contribution >= 0.6 is 0 Å². The third kappa shape index (κ3) is 3.18. The highest BCUT2D eigenvalue weighted by atomic mass is 16.6. The van der Waals surface area contributed by atoms with Crippen LogP contribution in [0.2, 0.25) is 0 Å². The molecule has 152 valence electrons. The number of fused-ring (bicyclic) bond motifs is 4. The van der Waals surface area contributed by atoms with E-state index in [1.165, 1.54) is 24.3 Å². The number of benzene rings is 1. The highest BCUT2D eigenvalue weighted by Gasteiger charge is 2.34. The number of non-ortho nitro benzene ring substituents is 1. The summed E-state index contributed by atoms with van der Waals surface area (Å²) < 4.78 is 7.13. The average Bonchev–Trinajstić information content (AvgIpc) is 3.09. The molecule has 1 fully saturated rings. The molecule has 3 aliphatic rings. The predicted molar refractivity (Wildman–Crippen MR) is 107 cm³/mol. The fraction of sp³-hybridized carbons (Fsp3) is 0.286. The Kier molecular flexibility index (Phi) is 4.23. The summed E-state index contributed by atoms with van der Waals surface area (Å²) in [6.45, 7) is 2.10. The van der Waals surface area contributed by atoms with Gasteiger partial charge in [0.05, 0.1) is 4.92 Å². The second kappa shape index (κ2) is 6.94. The van der Waals surface area contributed by atoms with E-state index in [1.807, 2.05) is 10.6 Å². The Labute approximate surface area is 171 Å². The lowest BCUT2D eigenvalue weighted by molar-refractivity contribution is -0.384. The normalized spacial score (nSPS) is 23.7. The molecule has 30 heavy (non-hydrogen) atoms. The standard InChI is InChI=1S/C21H18N4O5/c26-19-3-1-2-18-15-8-13(10-24(18)19)9-23(11-15)12-17-21(27)30-20(22-17)14-4-6-16(7-5-14)25(28)29/h1-7,12-13,15H,8-11H2/b17-12+. The number of pyridine rings is 1. The van der Waals surface area contributed by atoms with Crippen molar-refractivity contribution >= 4 is 17.6 Å². The molecular formula is C21H18N4O5. The molecule has 9 heteroatoms. The summed E-state index contributed by atoms with van der Waals surface area (Å²) in [4.78, 5) is 41.1. The molecule has 0 aliphatic carbocycles. The third-order valence-electron chi connectivity index (χ3n) is 5.76. The first kappa shape index (κ1) is 18.3. The van der Waals surface area contributed by atoms with Crippen molar-refractivity contribution in [3.8, 4) is 0 Å². The SMILES string of the molecule is O=C1OC(c2ccc([N+](=O)[O-])cc2)=N/C1=C/N1CC2CC(C1)c1cccc(=O)n1C2. The van der Waals surface area contributed by atoms with E-state index in [1.54, 1.807) is 18.3 Å². The third-order valence-corrected chi connectivity index (χ3v) is 5.76. The van der Waals surface area contributed by atoms with Crippen molar-refractivity contribution in [2.24, 2.45) is 10.9 Å². The number of esters is 1. The van der Waals surface area contributed by atoms with Crippen molar-refractivity contribution < 1.29 is 14.5 Å². The Morgan fingerprint density at radius 3 is 2.67 bits per heavy atom. The summed E-state index contributed by atoms with van der Waals surface area (Å²) in [5.74, 6) is 0.133. The van der Waals surface area contributed by atoms with E-state index >= 15 is 0 Å². The smallest absolute Gasteiger partial charge is 0.365 e. The van der Waals surface area contributed by atoms with Crippen molar-refractivity contribution in [2.45, 2.75) is 18.9 Å². The fourth-order valence-electron chi connectivity index (χ4n) is 4.46. The number of likely N-dealkylation sites (tertiary alicyclic amines) is 1. The Morgan fingerprint density at radius 2 is 1.90 bits per heavy atom. The Bertz CT molecular complexity index is 1160. The zero-order valence-corrected chi connectivity index (χ0v) is 15.9. The molecule has 2 aromatic rings. The van der Waals surface area contributed by atoms with Gasteiger partial charge >= 0.3 is 5.97 Å². The summed E-state index contributed by atoms with van der Waals surface area (Å²) in [6, 6.07) is 11.1. The van der Waals surface area contributed by atoms with Crippen molar-refractivity contribution in [3.05, 3.63) is 86.1 Å². The summed E-state index contributed by atoms with van der Waals surface area (Å²) in [6.07, 6.45) is 2.74. The Hall–Kier alpha value is -3.75. The minimum absolute atomic E-state index is 0.0331. The van der Waals surface area contributed by atoms with Gasteiger partial charge in [-0.3, -0.25) is 14.9 Å². The van der Waals surface area contributed by atoms with Crippen LogP contribution in [0.4, 0.5) is 5.69 Å². The van der Waals surface area contributed by atoms with Gasteiger partial charge < -0.3 is 14.2 Å². The van der Waals surface area contributed by atoms with Gasteiger partial charge in [0.1, 0.15) is 0 Å². The van der Waals surface area contributed by atoms with Crippen LogP contribution in [0.15, 0.2) is 64.1 Å². The lowest BCUT2D eigenvalue weighted by atomic mass is 9.83. The number of nitro groups is 1. The van der Waals surface area contributed by atoms with Crippen molar-refractivity contribution in [1.29, 1.82) is 0 Å². The number of ether oxygens (including phenoxy) is 1. The van der Waals surface area contributed by atoms with Crippen LogP contribution in [0.25, 0.3) is 0 Å². The molecule has 1 saturated heterocycles. The van der Waals surface area contributed by atoms with E-state index in [4.69, 9.17) is 4.74 Å². The fourth-order valence-corrected chi connectivity index (χ4v) is 4.46. The number of carbonyl (C=O) groups is 1. The topological polar surface area (TPSA) is 107 Å². The first-order valence-corrected chi connectivity index (χ1v) is 9.69. The molecule has 2 bridgehead atoms. The maximum atomic E-state index is 12.3. The number of rotatable bonds is 3. The number of nitro benzene ring substituents is 1. The van der Waals surface area contributed by atoms with Gasteiger partial charge in [-0.25, -0.2) is 9.79 Å². The lowest BCUT2D eigenvalue weighted by Gasteiger charge is -2.42. The number of cyclic esters (lactones) is 1. The zero-order chi connectivity index (χ0) is 20.8. The van der Waals surface area contributed by atoms with Gasteiger partial charge in [-0.05, 0) is 30.5 Å². The van der Waals surface area contributed by atoms with E-state index in [0.717, 1.165) is 18.7 Å². The van der Waals surface area contributed by atoms with Gasteiger partial charge in [-0.1, -0.05) is 6.07 Å². The summed E-state index contributed by atoms with van der Waals surface area (Å²) in [5.41, 5.74) is 1.73. The first-order valence-electron chi connectivity index (χ1n) is 9.69. The Balaban J connectivity index is 1.38.